The van der Waals surface area contributed by atoms with Gasteiger partial charge in [-0.3, -0.25) is 19.6 Å². The Hall–Kier alpha value is -4.30. The van der Waals surface area contributed by atoms with Crippen molar-refractivity contribution >= 4 is 28.4 Å². The van der Waals surface area contributed by atoms with Gasteiger partial charge in [0, 0.05) is 66.2 Å². The molecule has 0 unspecified atom stereocenters. The topological polar surface area (TPSA) is 92.7 Å². The smallest absolute Gasteiger partial charge is 0.251 e. The lowest BCUT2D eigenvalue weighted by Crippen LogP contribution is -2.23. The summed E-state index contributed by atoms with van der Waals surface area (Å²) in [6.07, 6.45) is 7.05. The highest BCUT2D eigenvalue weighted by Gasteiger charge is 2.14. The molecule has 0 saturated heterocycles. The van der Waals surface area contributed by atoms with E-state index in [4.69, 9.17) is 11.6 Å². The molecule has 0 aliphatic heterocycles. The van der Waals surface area contributed by atoms with Gasteiger partial charge in [-0.1, -0.05) is 29.8 Å². The van der Waals surface area contributed by atoms with Crippen LogP contribution in [0.5, 0.6) is 0 Å². The molecule has 0 fully saturated rings. The van der Waals surface area contributed by atoms with Gasteiger partial charge in [-0.05, 0) is 35.9 Å². The van der Waals surface area contributed by atoms with Crippen molar-refractivity contribution in [3.8, 4) is 0 Å². The fraction of sp³-hybridized carbons (Fsp3) is 0.111. The van der Waals surface area contributed by atoms with Crippen LogP contribution in [0.25, 0.3) is 10.9 Å². The number of hydrogen-bond acceptors (Lipinski definition) is 4. The van der Waals surface area contributed by atoms with Gasteiger partial charge >= 0.3 is 0 Å². The van der Waals surface area contributed by atoms with E-state index >= 15 is 0 Å². The number of halogens is 2. The predicted octanol–water partition coefficient (Wildman–Crippen LogP) is 4.48. The number of nitrogens with zero attached hydrogens (tertiary/aromatic N) is 3. The molecule has 7 nitrogen and oxygen atoms in total. The maximum absolute atomic E-state index is 14.8. The van der Waals surface area contributed by atoms with Crippen molar-refractivity contribution in [2.75, 3.05) is 0 Å². The van der Waals surface area contributed by atoms with Gasteiger partial charge in [-0.2, -0.15) is 0 Å². The standard InChI is InChI=1S/C27H21ClFN5O2/c28-22-15-32-23-7-5-19(26(29)25(22)23)14-33-27(36)18-8-9-30-21(12-18)11-17-4-6-20(31-13-17)16-34-10-2-1-3-24(34)35/h1-10,12-13,15,32H,11,14,16H2,(H,33,36). The monoisotopic (exact) mass is 501 g/mol. The molecule has 0 aliphatic rings. The van der Waals surface area contributed by atoms with Crippen LogP contribution in [-0.4, -0.2) is 25.4 Å². The molecule has 1 amide bonds. The van der Waals surface area contributed by atoms with Gasteiger partial charge in [-0.15, -0.1) is 0 Å². The number of hydrogen-bond donors (Lipinski definition) is 2. The molecule has 5 rings (SSSR count). The number of rotatable bonds is 7. The SMILES string of the molecule is O=C(NCc1ccc2[nH]cc(Cl)c2c1F)c1ccnc(Cc2ccc(Cn3ccccc3=O)nc2)c1. The summed E-state index contributed by atoms with van der Waals surface area (Å²) < 4.78 is 16.4. The van der Waals surface area contributed by atoms with Crippen LogP contribution < -0.4 is 10.9 Å². The van der Waals surface area contributed by atoms with E-state index in [1.807, 2.05) is 12.1 Å². The minimum atomic E-state index is -0.456. The molecular weight excluding hydrogens is 481 g/mol. The molecule has 36 heavy (non-hydrogen) atoms. The molecule has 4 aromatic heterocycles. The zero-order valence-electron chi connectivity index (χ0n) is 19.0. The number of fused-ring (bicyclic) bond motifs is 1. The summed E-state index contributed by atoms with van der Waals surface area (Å²) in [5.74, 6) is -0.789. The summed E-state index contributed by atoms with van der Waals surface area (Å²) in [5.41, 5.74) is 3.66. The van der Waals surface area contributed by atoms with Crippen molar-refractivity contribution in [1.29, 1.82) is 0 Å². The van der Waals surface area contributed by atoms with Gasteiger partial charge in [-0.25, -0.2) is 4.39 Å². The quantitative estimate of drug-likeness (QED) is 0.344. The number of amides is 1. The fourth-order valence-electron chi connectivity index (χ4n) is 3.94. The van der Waals surface area contributed by atoms with Crippen molar-refractivity contribution in [1.82, 2.24) is 24.8 Å². The summed E-state index contributed by atoms with van der Waals surface area (Å²) in [5, 5.41) is 3.37. The number of pyridine rings is 3. The first-order valence-corrected chi connectivity index (χ1v) is 11.6. The largest absolute Gasteiger partial charge is 0.360 e. The van der Waals surface area contributed by atoms with Crippen molar-refractivity contribution < 1.29 is 9.18 Å². The molecular formula is C27H21ClFN5O2. The Balaban J connectivity index is 1.23. The first-order valence-electron chi connectivity index (χ1n) is 11.2. The number of aromatic nitrogens is 4. The Morgan fingerprint density at radius 3 is 2.78 bits per heavy atom. The number of nitrogens with one attached hydrogen (secondary N) is 2. The Morgan fingerprint density at radius 1 is 1.08 bits per heavy atom. The molecule has 0 radical (unpaired) electrons. The first kappa shape index (κ1) is 23.4. The van der Waals surface area contributed by atoms with E-state index in [1.54, 1.807) is 59.6 Å². The van der Waals surface area contributed by atoms with Crippen LogP contribution in [0.15, 0.2) is 84.2 Å². The molecule has 0 atom stereocenters. The van der Waals surface area contributed by atoms with Gasteiger partial charge < -0.3 is 14.9 Å². The average molecular weight is 502 g/mol. The predicted molar refractivity (Wildman–Crippen MR) is 136 cm³/mol. The summed E-state index contributed by atoms with van der Waals surface area (Å²) in [4.78, 5) is 36.3. The Labute approximate surface area is 210 Å². The van der Waals surface area contributed by atoms with E-state index in [9.17, 15) is 14.0 Å². The van der Waals surface area contributed by atoms with E-state index in [2.05, 4.69) is 20.3 Å². The summed E-state index contributed by atoms with van der Waals surface area (Å²) in [7, 11) is 0. The third kappa shape index (κ3) is 5.04. The Bertz CT molecular complexity index is 1610. The highest BCUT2D eigenvalue weighted by atomic mass is 35.5. The van der Waals surface area contributed by atoms with Crippen LogP contribution in [-0.2, 0) is 19.5 Å². The van der Waals surface area contributed by atoms with Crippen molar-refractivity contribution in [2.24, 2.45) is 0 Å². The maximum Gasteiger partial charge on any atom is 0.251 e. The lowest BCUT2D eigenvalue weighted by molar-refractivity contribution is 0.0950. The minimum Gasteiger partial charge on any atom is -0.360 e. The number of benzene rings is 1. The van der Waals surface area contributed by atoms with Crippen molar-refractivity contribution in [3.63, 3.8) is 0 Å². The summed E-state index contributed by atoms with van der Waals surface area (Å²) >= 11 is 6.06. The molecule has 9 heteroatoms. The lowest BCUT2D eigenvalue weighted by Gasteiger charge is -2.09. The molecule has 0 spiro atoms. The second-order valence-corrected chi connectivity index (χ2v) is 8.72. The van der Waals surface area contributed by atoms with E-state index in [0.29, 0.717) is 45.7 Å². The van der Waals surface area contributed by atoms with Crippen LogP contribution >= 0.6 is 11.6 Å². The zero-order chi connectivity index (χ0) is 25.1. The van der Waals surface area contributed by atoms with Crippen LogP contribution in [0.1, 0.15) is 32.9 Å². The maximum atomic E-state index is 14.8. The Kier molecular flexibility index (Phi) is 6.60. The molecule has 180 valence electrons. The highest BCUT2D eigenvalue weighted by molar-refractivity contribution is 6.35. The molecule has 0 bridgehead atoms. The number of aromatic amines is 1. The van der Waals surface area contributed by atoms with Crippen molar-refractivity contribution in [3.05, 3.63) is 129 Å². The average Bonchev–Trinajstić information content (AvgIpc) is 3.27. The lowest BCUT2D eigenvalue weighted by atomic mass is 10.1. The highest BCUT2D eigenvalue weighted by Crippen LogP contribution is 2.27. The fourth-order valence-corrected chi connectivity index (χ4v) is 4.18. The third-order valence-electron chi connectivity index (χ3n) is 5.84. The van der Waals surface area contributed by atoms with E-state index in [1.165, 1.54) is 12.3 Å². The number of H-pyrrole nitrogens is 1. The van der Waals surface area contributed by atoms with Gasteiger partial charge in [0.1, 0.15) is 5.82 Å². The van der Waals surface area contributed by atoms with Gasteiger partial charge in [0.15, 0.2) is 0 Å². The van der Waals surface area contributed by atoms with E-state index in [-0.39, 0.29) is 18.0 Å². The molecule has 0 aliphatic carbocycles. The van der Waals surface area contributed by atoms with Gasteiger partial charge in [0.05, 0.1) is 22.6 Å². The van der Waals surface area contributed by atoms with E-state index < -0.39 is 5.82 Å². The summed E-state index contributed by atoms with van der Waals surface area (Å²) in [6.45, 7) is 0.410. The third-order valence-corrected chi connectivity index (χ3v) is 6.13. The molecule has 4 heterocycles. The molecule has 1 aromatic carbocycles. The minimum absolute atomic E-state index is 0.0235. The summed E-state index contributed by atoms with van der Waals surface area (Å²) in [6, 6.07) is 15.5. The van der Waals surface area contributed by atoms with E-state index in [0.717, 1.165) is 11.3 Å². The van der Waals surface area contributed by atoms with Crippen LogP contribution in [0.4, 0.5) is 4.39 Å². The molecule has 0 saturated carbocycles. The van der Waals surface area contributed by atoms with Crippen LogP contribution in [0.3, 0.4) is 0 Å². The van der Waals surface area contributed by atoms with Crippen LogP contribution in [0, 0.1) is 5.82 Å². The van der Waals surface area contributed by atoms with Gasteiger partial charge in [0.2, 0.25) is 0 Å². The second-order valence-electron chi connectivity index (χ2n) is 8.32. The molecule has 5 aromatic rings. The molecule has 2 N–H and O–H groups in total. The number of carbonyl (C=O) groups is 1. The number of carbonyl (C=O) groups excluding carboxylic acids is 1. The first-order chi connectivity index (χ1) is 17.5. The van der Waals surface area contributed by atoms with Crippen molar-refractivity contribution in [2.45, 2.75) is 19.5 Å². The normalized spacial score (nSPS) is 11.1. The van der Waals surface area contributed by atoms with Gasteiger partial charge in [0.25, 0.3) is 11.5 Å². The zero-order valence-corrected chi connectivity index (χ0v) is 19.8. The van der Waals surface area contributed by atoms with Crippen LogP contribution in [0.2, 0.25) is 5.02 Å². The Morgan fingerprint density at radius 2 is 1.97 bits per heavy atom. The second kappa shape index (κ2) is 10.1.